The molecule has 2 unspecified atom stereocenters. The Morgan fingerprint density at radius 3 is 3.06 bits per heavy atom. The van der Waals surface area contributed by atoms with Crippen molar-refractivity contribution in [1.29, 1.82) is 5.26 Å². The number of halogens is 1. The van der Waals surface area contributed by atoms with E-state index < -0.39 is 5.60 Å². The lowest BCUT2D eigenvalue weighted by Gasteiger charge is -2.33. The lowest BCUT2D eigenvalue weighted by molar-refractivity contribution is -0.0327. The lowest BCUT2D eigenvalue weighted by atomic mass is 9.83. The first-order valence-corrected chi connectivity index (χ1v) is 6.51. The molecule has 1 aliphatic rings. The molecular formula is C13H14INO. The van der Waals surface area contributed by atoms with Crippen LogP contribution in [-0.4, -0.2) is 12.2 Å². The highest BCUT2D eigenvalue weighted by atomic mass is 127. The van der Waals surface area contributed by atoms with E-state index in [1.165, 1.54) is 9.13 Å². The van der Waals surface area contributed by atoms with Gasteiger partial charge in [-0.2, -0.15) is 5.26 Å². The summed E-state index contributed by atoms with van der Waals surface area (Å²) >= 11 is 2.32. The Bertz CT molecular complexity index is 426. The summed E-state index contributed by atoms with van der Waals surface area (Å²) in [6.07, 6.45) is 1.81. The number of nitriles is 1. The fraction of sp³-hybridized carbons (Fsp3) is 0.462. The Labute approximate surface area is 110 Å². The second-order valence-corrected chi connectivity index (χ2v) is 5.68. The van der Waals surface area contributed by atoms with Gasteiger partial charge in [0.15, 0.2) is 5.60 Å². The molecule has 2 atom stereocenters. The predicted molar refractivity (Wildman–Crippen MR) is 71.1 cm³/mol. The van der Waals surface area contributed by atoms with Crippen LogP contribution in [0.15, 0.2) is 24.3 Å². The third-order valence-electron chi connectivity index (χ3n) is 3.08. The van der Waals surface area contributed by atoms with Crippen molar-refractivity contribution in [2.75, 3.05) is 6.61 Å². The topological polar surface area (TPSA) is 33.0 Å². The van der Waals surface area contributed by atoms with Gasteiger partial charge in [-0.1, -0.05) is 12.1 Å². The summed E-state index contributed by atoms with van der Waals surface area (Å²) in [6.45, 7) is 2.56. The van der Waals surface area contributed by atoms with E-state index in [-0.39, 0.29) is 0 Å². The molecule has 1 aromatic carbocycles. The van der Waals surface area contributed by atoms with Crippen LogP contribution in [0, 0.1) is 14.9 Å². The van der Waals surface area contributed by atoms with Crippen LogP contribution in [0.5, 0.6) is 0 Å². The van der Waals surface area contributed by atoms with Gasteiger partial charge in [0, 0.05) is 10.2 Å². The van der Waals surface area contributed by atoms with E-state index in [4.69, 9.17) is 10.00 Å². The molecule has 1 fully saturated rings. The van der Waals surface area contributed by atoms with Gasteiger partial charge in [-0.25, -0.2) is 0 Å². The van der Waals surface area contributed by atoms with Crippen LogP contribution in [0.25, 0.3) is 0 Å². The van der Waals surface area contributed by atoms with E-state index in [0.717, 1.165) is 12.8 Å². The fourth-order valence-corrected chi connectivity index (χ4v) is 2.75. The number of hydrogen-bond donors (Lipinski definition) is 0. The Morgan fingerprint density at radius 2 is 2.38 bits per heavy atom. The van der Waals surface area contributed by atoms with Gasteiger partial charge in [-0.05, 0) is 66.0 Å². The summed E-state index contributed by atoms with van der Waals surface area (Å²) < 4.78 is 6.78. The molecule has 84 valence electrons. The van der Waals surface area contributed by atoms with Gasteiger partial charge in [0.25, 0.3) is 0 Å². The number of benzene rings is 1. The molecule has 1 aromatic rings. The minimum atomic E-state index is -0.607. The predicted octanol–water partition coefficient (Wildman–Crippen LogP) is 3.47. The van der Waals surface area contributed by atoms with E-state index in [0.29, 0.717) is 12.5 Å². The van der Waals surface area contributed by atoms with E-state index in [2.05, 4.69) is 52.9 Å². The van der Waals surface area contributed by atoms with Gasteiger partial charge in [-0.3, -0.25) is 0 Å². The number of hydrogen-bond acceptors (Lipinski definition) is 2. The third-order valence-corrected chi connectivity index (χ3v) is 3.75. The highest BCUT2D eigenvalue weighted by molar-refractivity contribution is 14.1. The standard InChI is InChI=1S/C13H14INO/c1-13(9-15)8-11(5-6-16-13)10-3-2-4-12(14)7-10/h2-4,7,11H,5-6,8H2,1H3. The maximum atomic E-state index is 9.09. The number of nitrogens with zero attached hydrogens (tertiary/aromatic N) is 1. The quantitative estimate of drug-likeness (QED) is 0.740. The van der Waals surface area contributed by atoms with Crippen LogP contribution in [0.1, 0.15) is 31.2 Å². The van der Waals surface area contributed by atoms with Crippen LogP contribution in [0.2, 0.25) is 0 Å². The molecule has 0 N–H and O–H groups in total. The molecule has 16 heavy (non-hydrogen) atoms. The smallest absolute Gasteiger partial charge is 0.152 e. The van der Waals surface area contributed by atoms with Crippen molar-refractivity contribution in [3.05, 3.63) is 33.4 Å². The highest BCUT2D eigenvalue weighted by Gasteiger charge is 2.33. The molecule has 0 aromatic heterocycles. The molecule has 1 aliphatic heterocycles. The maximum Gasteiger partial charge on any atom is 0.152 e. The van der Waals surface area contributed by atoms with E-state index >= 15 is 0 Å². The van der Waals surface area contributed by atoms with Gasteiger partial charge >= 0.3 is 0 Å². The summed E-state index contributed by atoms with van der Waals surface area (Å²) in [5.74, 6) is 0.452. The maximum absolute atomic E-state index is 9.09. The van der Waals surface area contributed by atoms with Crippen molar-refractivity contribution in [3.8, 4) is 6.07 Å². The van der Waals surface area contributed by atoms with Crippen LogP contribution in [0.4, 0.5) is 0 Å². The first-order chi connectivity index (χ1) is 7.63. The van der Waals surface area contributed by atoms with Gasteiger partial charge in [0.2, 0.25) is 0 Å². The summed E-state index contributed by atoms with van der Waals surface area (Å²) in [6, 6.07) is 10.8. The molecule has 2 nitrogen and oxygen atoms in total. The lowest BCUT2D eigenvalue weighted by Crippen LogP contribution is -2.34. The highest BCUT2D eigenvalue weighted by Crippen LogP contribution is 2.35. The van der Waals surface area contributed by atoms with Gasteiger partial charge in [0.05, 0.1) is 6.07 Å². The Hall–Kier alpha value is -0.600. The van der Waals surface area contributed by atoms with Crippen molar-refractivity contribution in [3.63, 3.8) is 0 Å². The Kier molecular flexibility index (Phi) is 3.50. The monoisotopic (exact) mass is 327 g/mol. The number of ether oxygens (including phenoxy) is 1. The van der Waals surface area contributed by atoms with Crippen molar-refractivity contribution < 1.29 is 4.74 Å². The molecule has 0 aliphatic carbocycles. The summed E-state index contributed by atoms with van der Waals surface area (Å²) in [7, 11) is 0. The molecule has 0 spiro atoms. The normalized spacial score (nSPS) is 29.7. The SMILES string of the molecule is CC1(C#N)CC(c2cccc(I)c2)CCO1. The first-order valence-electron chi connectivity index (χ1n) is 5.44. The Morgan fingerprint density at radius 1 is 1.56 bits per heavy atom. The molecular weight excluding hydrogens is 313 g/mol. The van der Waals surface area contributed by atoms with E-state index in [1.54, 1.807) is 0 Å². The molecule has 1 saturated heterocycles. The van der Waals surface area contributed by atoms with Crippen LogP contribution < -0.4 is 0 Å². The number of rotatable bonds is 1. The first kappa shape index (κ1) is 11.9. The second kappa shape index (κ2) is 4.72. The van der Waals surface area contributed by atoms with Crippen molar-refractivity contribution in [1.82, 2.24) is 0 Å². The molecule has 0 bridgehead atoms. The molecule has 0 amide bonds. The largest absolute Gasteiger partial charge is 0.360 e. The fourth-order valence-electron chi connectivity index (χ4n) is 2.18. The van der Waals surface area contributed by atoms with Crippen LogP contribution in [-0.2, 0) is 4.74 Å². The zero-order chi connectivity index (χ0) is 11.6. The zero-order valence-electron chi connectivity index (χ0n) is 9.24. The average Bonchev–Trinajstić information content (AvgIpc) is 2.29. The van der Waals surface area contributed by atoms with Crippen molar-refractivity contribution >= 4 is 22.6 Å². The van der Waals surface area contributed by atoms with Gasteiger partial charge < -0.3 is 4.74 Å². The summed E-state index contributed by atoms with van der Waals surface area (Å²) in [5, 5.41) is 9.09. The minimum absolute atomic E-state index is 0.452. The molecule has 0 saturated carbocycles. The summed E-state index contributed by atoms with van der Waals surface area (Å²) in [4.78, 5) is 0. The van der Waals surface area contributed by atoms with Crippen molar-refractivity contribution in [2.45, 2.75) is 31.3 Å². The van der Waals surface area contributed by atoms with Crippen LogP contribution >= 0.6 is 22.6 Å². The van der Waals surface area contributed by atoms with Gasteiger partial charge in [-0.15, -0.1) is 0 Å². The zero-order valence-corrected chi connectivity index (χ0v) is 11.4. The summed E-state index contributed by atoms with van der Waals surface area (Å²) in [5.41, 5.74) is 0.723. The molecule has 3 heteroatoms. The van der Waals surface area contributed by atoms with E-state index in [1.807, 2.05) is 6.92 Å². The Balaban J connectivity index is 2.20. The van der Waals surface area contributed by atoms with E-state index in [9.17, 15) is 0 Å². The molecule has 2 rings (SSSR count). The minimum Gasteiger partial charge on any atom is -0.360 e. The van der Waals surface area contributed by atoms with Crippen LogP contribution in [0.3, 0.4) is 0 Å². The average molecular weight is 327 g/mol. The second-order valence-electron chi connectivity index (χ2n) is 4.44. The molecule has 1 heterocycles. The molecule has 0 radical (unpaired) electrons. The van der Waals surface area contributed by atoms with Gasteiger partial charge in [0.1, 0.15) is 0 Å². The third kappa shape index (κ3) is 2.55. The van der Waals surface area contributed by atoms with Crippen molar-refractivity contribution in [2.24, 2.45) is 0 Å².